The van der Waals surface area contributed by atoms with Gasteiger partial charge in [0.1, 0.15) is 5.75 Å². The smallest absolute Gasteiger partial charge is 0.265 e. The summed E-state index contributed by atoms with van der Waals surface area (Å²) in [6.07, 6.45) is 0.173. The molecule has 0 radical (unpaired) electrons. The molecular formula is C19H19BrN2O3. The monoisotopic (exact) mass is 402 g/mol. The van der Waals surface area contributed by atoms with Gasteiger partial charge in [0.15, 0.2) is 6.10 Å². The highest BCUT2D eigenvalue weighted by atomic mass is 79.9. The number of nitrogens with one attached hydrogen (secondary N) is 1. The lowest BCUT2D eigenvalue weighted by atomic mass is 10.1. The molecule has 0 unspecified atom stereocenters. The first kappa shape index (κ1) is 17.5. The summed E-state index contributed by atoms with van der Waals surface area (Å²) in [5.41, 5.74) is 2.69. The van der Waals surface area contributed by atoms with Gasteiger partial charge >= 0.3 is 0 Å². The van der Waals surface area contributed by atoms with Crippen molar-refractivity contribution in [3.63, 3.8) is 0 Å². The van der Waals surface area contributed by atoms with E-state index in [4.69, 9.17) is 4.74 Å². The molecule has 1 aliphatic heterocycles. The van der Waals surface area contributed by atoms with E-state index < -0.39 is 6.10 Å². The number of rotatable bonds is 4. The van der Waals surface area contributed by atoms with Gasteiger partial charge in [-0.2, -0.15) is 0 Å². The number of hydrogen-bond donors (Lipinski definition) is 1. The van der Waals surface area contributed by atoms with Crippen molar-refractivity contribution in [2.24, 2.45) is 0 Å². The highest BCUT2D eigenvalue weighted by molar-refractivity contribution is 9.10. The Morgan fingerprint density at radius 1 is 1.20 bits per heavy atom. The molecule has 2 aromatic carbocycles. The van der Waals surface area contributed by atoms with Crippen molar-refractivity contribution in [2.75, 3.05) is 16.8 Å². The molecule has 0 saturated heterocycles. The highest BCUT2D eigenvalue weighted by Gasteiger charge is 2.23. The van der Waals surface area contributed by atoms with E-state index in [0.29, 0.717) is 18.0 Å². The van der Waals surface area contributed by atoms with Crippen molar-refractivity contribution in [1.82, 2.24) is 0 Å². The van der Waals surface area contributed by atoms with Crippen LogP contribution in [0.25, 0.3) is 0 Å². The van der Waals surface area contributed by atoms with Gasteiger partial charge in [-0.05, 0) is 61.4 Å². The van der Waals surface area contributed by atoms with Gasteiger partial charge in [0.25, 0.3) is 5.91 Å². The number of benzene rings is 2. The van der Waals surface area contributed by atoms with Crippen LogP contribution in [-0.4, -0.2) is 24.5 Å². The molecule has 130 valence electrons. The highest BCUT2D eigenvalue weighted by Crippen LogP contribution is 2.30. The number of carbonyl (C=O) groups is 2. The predicted molar refractivity (Wildman–Crippen MR) is 101 cm³/mol. The molecule has 0 bridgehead atoms. The molecule has 1 aliphatic rings. The Labute approximate surface area is 155 Å². The molecule has 2 aromatic rings. The van der Waals surface area contributed by atoms with Crippen LogP contribution in [0, 0.1) is 0 Å². The lowest BCUT2D eigenvalue weighted by Gasteiger charge is -2.17. The Hall–Kier alpha value is -2.34. The maximum Gasteiger partial charge on any atom is 0.265 e. The quantitative estimate of drug-likeness (QED) is 0.846. The zero-order chi connectivity index (χ0) is 18.0. The second-order valence-electron chi connectivity index (χ2n) is 5.97. The summed E-state index contributed by atoms with van der Waals surface area (Å²) in [5, 5.41) is 2.87. The number of ether oxygens (including phenoxy) is 1. The van der Waals surface area contributed by atoms with Crippen LogP contribution in [0.5, 0.6) is 5.75 Å². The molecule has 6 heteroatoms. The summed E-state index contributed by atoms with van der Waals surface area (Å²) in [6.45, 7) is 3.96. The Bertz CT molecular complexity index is 805. The molecule has 0 aliphatic carbocycles. The Kier molecular flexibility index (Phi) is 5.08. The second-order valence-corrected chi connectivity index (χ2v) is 6.88. The molecule has 0 saturated carbocycles. The molecule has 1 heterocycles. The number of nitrogens with zero attached hydrogens (tertiary/aromatic N) is 1. The Morgan fingerprint density at radius 2 is 1.92 bits per heavy atom. The third-order valence-corrected chi connectivity index (χ3v) is 4.65. The average Bonchev–Trinajstić information content (AvgIpc) is 3.00. The van der Waals surface area contributed by atoms with Gasteiger partial charge in [-0.15, -0.1) is 0 Å². The molecule has 0 fully saturated rings. The van der Waals surface area contributed by atoms with Crippen molar-refractivity contribution < 1.29 is 14.3 Å². The minimum absolute atomic E-state index is 0.0343. The van der Waals surface area contributed by atoms with Gasteiger partial charge in [0, 0.05) is 29.3 Å². The normalized spacial score (nSPS) is 14.0. The first-order chi connectivity index (χ1) is 11.9. The summed E-state index contributed by atoms with van der Waals surface area (Å²) >= 11 is 3.36. The largest absolute Gasteiger partial charge is 0.481 e. The SMILES string of the molecule is CC(=O)N1CCc2cc(NC(=O)[C@H](C)Oc3ccc(Br)cc3)ccc21. The van der Waals surface area contributed by atoms with Crippen LogP contribution in [0.4, 0.5) is 11.4 Å². The first-order valence-electron chi connectivity index (χ1n) is 8.08. The summed E-state index contributed by atoms with van der Waals surface area (Å²) in [6, 6.07) is 12.9. The minimum Gasteiger partial charge on any atom is -0.481 e. The van der Waals surface area contributed by atoms with Gasteiger partial charge in [-0.1, -0.05) is 15.9 Å². The van der Waals surface area contributed by atoms with Crippen LogP contribution in [0.1, 0.15) is 19.4 Å². The van der Waals surface area contributed by atoms with Crippen molar-refractivity contribution in [3.8, 4) is 5.75 Å². The fourth-order valence-corrected chi connectivity index (χ4v) is 3.09. The maximum absolute atomic E-state index is 12.3. The van der Waals surface area contributed by atoms with E-state index in [1.807, 2.05) is 30.3 Å². The molecule has 5 nitrogen and oxygen atoms in total. The molecular weight excluding hydrogens is 384 g/mol. The van der Waals surface area contributed by atoms with Gasteiger partial charge in [0.2, 0.25) is 5.91 Å². The van der Waals surface area contributed by atoms with E-state index in [2.05, 4.69) is 21.2 Å². The molecule has 2 amide bonds. The van der Waals surface area contributed by atoms with Crippen LogP contribution >= 0.6 is 15.9 Å². The van der Waals surface area contributed by atoms with Gasteiger partial charge < -0.3 is 15.0 Å². The third kappa shape index (κ3) is 4.02. The predicted octanol–water partition coefficient (Wildman–Crippen LogP) is 3.76. The number of carbonyl (C=O) groups excluding carboxylic acids is 2. The molecule has 0 aromatic heterocycles. The number of amides is 2. The van der Waals surface area contributed by atoms with Crippen LogP contribution in [0.15, 0.2) is 46.9 Å². The average molecular weight is 403 g/mol. The topological polar surface area (TPSA) is 58.6 Å². The summed E-state index contributed by atoms with van der Waals surface area (Å²) in [7, 11) is 0. The summed E-state index contributed by atoms with van der Waals surface area (Å²) in [4.78, 5) is 25.7. The molecule has 25 heavy (non-hydrogen) atoms. The van der Waals surface area contributed by atoms with E-state index in [1.165, 1.54) is 0 Å². The van der Waals surface area contributed by atoms with E-state index in [-0.39, 0.29) is 11.8 Å². The fourth-order valence-electron chi connectivity index (χ4n) is 2.82. The van der Waals surface area contributed by atoms with Crippen LogP contribution in [0.2, 0.25) is 0 Å². The third-order valence-electron chi connectivity index (χ3n) is 4.12. The van der Waals surface area contributed by atoms with Crippen LogP contribution < -0.4 is 15.0 Å². The summed E-state index contributed by atoms with van der Waals surface area (Å²) < 4.78 is 6.61. The lowest BCUT2D eigenvalue weighted by Crippen LogP contribution is -2.30. The zero-order valence-corrected chi connectivity index (χ0v) is 15.7. The Balaban J connectivity index is 1.65. The number of halogens is 1. The first-order valence-corrected chi connectivity index (χ1v) is 8.87. The van der Waals surface area contributed by atoms with Crippen molar-refractivity contribution in [3.05, 3.63) is 52.5 Å². The number of hydrogen-bond acceptors (Lipinski definition) is 3. The molecule has 0 spiro atoms. The van der Waals surface area contributed by atoms with Crippen molar-refractivity contribution in [1.29, 1.82) is 0 Å². The van der Waals surface area contributed by atoms with Gasteiger partial charge in [-0.25, -0.2) is 0 Å². The van der Waals surface area contributed by atoms with Gasteiger partial charge in [0.05, 0.1) is 0 Å². The van der Waals surface area contributed by atoms with Crippen molar-refractivity contribution >= 4 is 39.1 Å². The molecule has 1 atom stereocenters. The van der Waals surface area contributed by atoms with Crippen molar-refractivity contribution in [2.45, 2.75) is 26.4 Å². The van der Waals surface area contributed by atoms with E-state index in [9.17, 15) is 9.59 Å². The van der Waals surface area contributed by atoms with Crippen LogP contribution in [-0.2, 0) is 16.0 Å². The zero-order valence-electron chi connectivity index (χ0n) is 14.1. The minimum atomic E-state index is -0.622. The fraction of sp³-hybridized carbons (Fsp3) is 0.263. The van der Waals surface area contributed by atoms with Crippen LogP contribution in [0.3, 0.4) is 0 Å². The molecule has 1 N–H and O–H groups in total. The maximum atomic E-state index is 12.3. The lowest BCUT2D eigenvalue weighted by molar-refractivity contribution is -0.122. The number of anilines is 2. The second kappa shape index (κ2) is 7.27. The van der Waals surface area contributed by atoms with E-state index in [1.54, 1.807) is 30.9 Å². The number of fused-ring (bicyclic) bond motifs is 1. The van der Waals surface area contributed by atoms with E-state index in [0.717, 1.165) is 22.1 Å². The van der Waals surface area contributed by atoms with E-state index >= 15 is 0 Å². The standard InChI is InChI=1S/C19H19BrN2O3/c1-12(25-17-6-3-15(20)4-7-17)19(24)21-16-5-8-18-14(11-16)9-10-22(18)13(2)23/h3-8,11-12H,9-10H2,1-2H3,(H,21,24)/t12-/m0/s1. The Morgan fingerprint density at radius 3 is 2.60 bits per heavy atom. The van der Waals surface area contributed by atoms with Gasteiger partial charge in [-0.3, -0.25) is 9.59 Å². The summed E-state index contributed by atoms with van der Waals surface area (Å²) in [5.74, 6) is 0.452. The molecule has 3 rings (SSSR count).